The molecule has 1 aromatic heterocycles. The molecule has 0 fully saturated rings. The molecule has 0 radical (unpaired) electrons. The van der Waals surface area contributed by atoms with E-state index in [1.165, 1.54) is 6.21 Å². The van der Waals surface area contributed by atoms with Crippen LogP contribution in [0.15, 0.2) is 22.0 Å². The van der Waals surface area contributed by atoms with Crippen LogP contribution in [0, 0.1) is 11.7 Å². The molecule has 2 aromatic rings. The van der Waals surface area contributed by atoms with Crippen LogP contribution in [-0.2, 0) is 0 Å². The van der Waals surface area contributed by atoms with Gasteiger partial charge < -0.3 is 9.47 Å². The summed E-state index contributed by atoms with van der Waals surface area (Å²) in [7, 11) is 0. The van der Waals surface area contributed by atoms with Crippen LogP contribution in [0.3, 0.4) is 0 Å². The van der Waals surface area contributed by atoms with Gasteiger partial charge in [0, 0.05) is 6.42 Å². The molecule has 0 atom stereocenters. The van der Waals surface area contributed by atoms with Crippen LogP contribution in [0.5, 0.6) is 11.5 Å². The Balaban J connectivity index is 2.00. The zero-order valence-electron chi connectivity index (χ0n) is 12.2. The van der Waals surface area contributed by atoms with E-state index in [0.717, 1.165) is 11.1 Å². The summed E-state index contributed by atoms with van der Waals surface area (Å²) in [6, 6.07) is 3.44. The monoisotopic (exact) mass is 352 g/mol. The fourth-order valence-corrected chi connectivity index (χ4v) is 2.48. The summed E-state index contributed by atoms with van der Waals surface area (Å²) < 4.78 is 12.3. The summed E-state index contributed by atoms with van der Waals surface area (Å²) >= 11 is 11.2. The predicted molar refractivity (Wildman–Crippen MR) is 88.5 cm³/mol. The van der Waals surface area contributed by atoms with Crippen molar-refractivity contribution in [3.63, 3.8) is 0 Å². The molecule has 1 aliphatic rings. The number of aryl methyl sites for hydroxylation is 1. The molecule has 0 unspecified atom stereocenters. The van der Waals surface area contributed by atoms with Gasteiger partial charge in [0.15, 0.2) is 11.5 Å². The maximum absolute atomic E-state index is 12.0. The van der Waals surface area contributed by atoms with Gasteiger partial charge in [-0.1, -0.05) is 11.6 Å². The predicted octanol–water partition coefficient (Wildman–Crippen LogP) is 2.31. The molecular weight excluding hydrogens is 340 g/mol. The Morgan fingerprint density at radius 3 is 3.04 bits per heavy atom. The van der Waals surface area contributed by atoms with Crippen molar-refractivity contribution in [2.24, 2.45) is 5.10 Å². The summed E-state index contributed by atoms with van der Waals surface area (Å²) in [5, 5.41) is 10.9. The van der Waals surface area contributed by atoms with Crippen LogP contribution in [0.4, 0.5) is 0 Å². The third-order valence-corrected chi connectivity index (χ3v) is 3.71. The highest BCUT2D eigenvalue weighted by Crippen LogP contribution is 2.37. The number of rotatable bonds is 2. The van der Waals surface area contributed by atoms with Gasteiger partial charge in [-0.3, -0.25) is 9.89 Å². The lowest BCUT2D eigenvalue weighted by molar-refractivity contribution is 0.297. The highest BCUT2D eigenvalue weighted by Gasteiger charge is 2.15. The second-order valence-electron chi connectivity index (χ2n) is 4.86. The van der Waals surface area contributed by atoms with E-state index in [1.54, 1.807) is 19.1 Å². The average Bonchev–Trinajstić information content (AvgIpc) is 2.77. The van der Waals surface area contributed by atoms with Crippen LogP contribution in [0.25, 0.3) is 0 Å². The van der Waals surface area contributed by atoms with Crippen molar-refractivity contribution in [2.45, 2.75) is 13.3 Å². The Kier molecular flexibility index (Phi) is 4.44. The number of nitrogens with zero attached hydrogens (tertiary/aromatic N) is 3. The van der Waals surface area contributed by atoms with Crippen LogP contribution < -0.4 is 15.0 Å². The van der Waals surface area contributed by atoms with E-state index in [2.05, 4.69) is 15.3 Å². The summed E-state index contributed by atoms with van der Waals surface area (Å²) in [5.74, 6) is 1.08. The number of aromatic nitrogens is 3. The standard InChI is InChI=1S/C14H13ClN4O3S/c1-8-13(20)19(14(23)18-17-8)16-7-9-5-10(15)12-11(6-9)21-3-2-4-22-12/h5-7H,2-4H2,1H3,(H,18,23)/b16-7-. The number of fused-ring (bicyclic) bond motifs is 1. The van der Waals surface area contributed by atoms with E-state index in [9.17, 15) is 4.79 Å². The van der Waals surface area contributed by atoms with Gasteiger partial charge in [-0.05, 0) is 36.8 Å². The number of hydrogen-bond donors (Lipinski definition) is 1. The van der Waals surface area contributed by atoms with Gasteiger partial charge in [0.05, 0.1) is 24.5 Å². The Labute approximate surface area is 141 Å². The molecule has 9 heteroatoms. The molecule has 0 saturated heterocycles. The van der Waals surface area contributed by atoms with Gasteiger partial charge in [-0.2, -0.15) is 14.9 Å². The number of halogens is 1. The van der Waals surface area contributed by atoms with Crippen molar-refractivity contribution in [1.29, 1.82) is 0 Å². The molecule has 0 saturated carbocycles. The van der Waals surface area contributed by atoms with E-state index in [0.29, 0.717) is 35.3 Å². The first-order valence-corrected chi connectivity index (χ1v) is 7.67. The number of ether oxygens (including phenoxy) is 2. The lowest BCUT2D eigenvalue weighted by Gasteiger charge is -2.09. The van der Waals surface area contributed by atoms with Crippen LogP contribution in [0.2, 0.25) is 5.02 Å². The van der Waals surface area contributed by atoms with E-state index in [1.807, 2.05) is 0 Å². The Hall–Kier alpha value is -2.19. The van der Waals surface area contributed by atoms with Gasteiger partial charge in [0.2, 0.25) is 4.77 Å². The minimum Gasteiger partial charge on any atom is -0.489 e. The third-order valence-electron chi connectivity index (χ3n) is 3.16. The zero-order chi connectivity index (χ0) is 16.4. The molecule has 3 rings (SSSR count). The minimum absolute atomic E-state index is 0.109. The quantitative estimate of drug-likeness (QED) is 0.662. The van der Waals surface area contributed by atoms with Crippen molar-refractivity contribution in [1.82, 2.24) is 14.9 Å². The number of hydrogen-bond acceptors (Lipinski definition) is 6. The topological polar surface area (TPSA) is 81.5 Å². The van der Waals surface area contributed by atoms with Crippen molar-refractivity contribution in [2.75, 3.05) is 13.2 Å². The second-order valence-corrected chi connectivity index (χ2v) is 5.65. The lowest BCUT2D eigenvalue weighted by atomic mass is 10.2. The minimum atomic E-state index is -0.384. The van der Waals surface area contributed by atoms with Crippen molar-refractivity contribution in [3.05, 3.63) is 43.5 Å². The first-order valence-electron chi connectivity index (χ1n) is 6.88. The Morgan fingerprint density at radius 1 is 1.43 bits per heavy atom. The Morgan fingerprint density at radius 2 is 2.22 bits per heavy atom. The van der Waals surface area contributed by atoms with Crippen LogP contribution in [0.1, 0.15) is 17.7 Å². The largest absolute Gasteiger partial charge is 0.489 e. The fourth-order valence-electron chi connectivity index (χ4n) is 2.03. The number of benzene rings is 1. The SMILES string of the molecule is Cc1n[nH]c(=S)n(/N=C\c2cc(Cl)c3c(c2)OCCCO3)c1=O. The molecule has 0 amide bonds. The van der Waals surface area contributed by atoms with Crippen LogP contribution >= 0.6 is 23.8 Å². The molecule has 23 heavy (non-hydrogen) atoms. The normalized spacial score (nSPS) is 14.0. The van der Waals surface area contributed by atoms with E-state index in [4.69, 9.17) is 33.3 Å². The molecule has 120 valence electrons. The van der Waals surface area contributed by atoms with E-state index in [-0.39, 0.29) is 16.0 Å². The summed E-state index contributed by atoms with van der Waals surface area (Å²) in [5.41, 5.74) is 0.549. The first kappa shape index (κ1) is 15.7. The van der Waals surface area contributed by atoms with Gasteiger partial charge in [-0.25, -0.2) is 0 Å². The van der Waals surface area contributed by atoms with E-state index >= 15 is 0 Å². The molecule has 0 spiro atoms. The smallest absolute Gasteiger partial charge is 0.296 e. The van der Waals surface area contributed by atoms with Gasteiger partial charge in [0.25, 0.3) is 5.56 Å². The molecular formula is C14H13ClN4O3S. The summed E-state index contributed by atoms with van der Waals surface area (Å²) in [6.07, 6.45) is 2.26. The maximum atomic E-state index is 12.0. The number of nitrogens with one attached hydrogen (secondary N) is 1. The Bertz CT molecular complexity index is 891. The van der Waals surface area contributed by atoms with Crippen molar-refractivity contribution < 1.29 is 9.47 Å². The highest BCUT2D eigenvalue weighted by atomic mass is 35.5. The van der Waals surface area contributed by atoms with Crippen LogP contribution in [-0.4, -0.2) is 34.3 Å². The first-order chi connectivity index (χ1) is 11.1. The summed E-state index contributed by atoms with van der Waals surface area (Å²) in [6.45, 7) is 2.68. The molecule has 1 N–H and O–H groups in total. The van der Waals surface area contributed by atoms with Crippen molar-refractivity contribution >= 4 is 30.0 Å². The molecule has 1 aliphatic heterocycles. The number of H-pyrrole nitrogens is 1. The average molecular weight is 353 g/mol. The molecule has 2 heterocycles. The molecule has 0 aliphatic carbocycles. The third kappa shape index (κ3) is 3.27. The molecule has 1 aromatic carbocycles. The van der Waals surface area contributed by atoms with Crippen molar-refractivity contribution in [3.8, 4) is 11.5 Å². The molecule has 0 bridgehead atoms. The van der Waals surface area contributed by atoms with Gasteiger partial charge >= 0.3 is 0 Å². The van der Waals surface area contributed by atoms with Gasteiger partial charge in [0.1, 0.15) is 5.69 Å². The molecule has 7 nitrogen and oxygen atoms in total. The fraction of sp³-hybridized carbons (Fsp3) is 0.286. The zero-order valence-corrected chi connectivity index (χ0v) is 13.8. The second kappa shape index (κ2) is 6.51. The van der Waals surface area contributed by atoms with Gasteiger partial charge in [-0.15, -0.1) is 0 Å². The highest BCUT2D eigenvalue weighted by molar-refractivity contribution is 7.71. The number of aromatic amines is 1. The maximum Gasteiger partial charge on any atom is 0.296 e. The lowest BCUT2D eigenvalue weighted by Crippen LogP contribution is -2.22. The van der Waals surface area contributed by atoms with E-state index < -0.39 is 0 Å². The summed E-state index contributed by atoms with van der Waals surface area (Å²) in [4.78, 5) is 12.0.